The smallest absolute Gasteiger partial charge is 0.277 e. The van der Waals surface area contributed by atoms with Crippen LogP contribution >= 0.6 is 0 Å². The predicted molar refractivity (Wildman–Crippen MR) is 178 cm³/mol. The summed E-state index contributed by atoms with van der Waals surface area (Å²) in [5.74, 6) is -0.952. The lowest BCUT2D eigenvalue weighted by Crippen LogP contribution is -2.30. The number of Topliss-reactive ketones (excluding diaryl/α,β-unsaturated/α-hetero) is 1. The number of benzene rings is 3. The van der Waals surface area contributed by atoms with Gasteiger partial charge in [0.05, 0.1) is 12.7 Å². The zero-order valence-corrected chi connectivity index (χ0v) is 26.7. The highest BCUT2D eigenvalue weighted by atomic mass is 19.1. The van der Waals surface area contributed by atoms with Crippen LogP contribution in [0.3, 0.4) is 0 Å². The van der Waals surface area contributed by atoms with Crippen molar-refractivity contribution in [1.29, 1.82) is 0 Å². The summed E-state index contributed by atoms with van der Waals surface area (Å²) in [6.45, 7) is 9.06. The normalized spacial score (nSPS) is 13.5. The summed E-state index contributed by atoms with van der Waals surface area (Å²) in [6.07, 6.45) is 4.37. The van der Waals surface area contributed by atoms with E-state index in [0.29, 0.717) is 52.0 Å². The maximum absolute atomic E-state index is 14.1. The van der Waals surface area contributed by atoms with Gasteiger partial charge in [0.25, 0.3) is 5.56 Å². The summed E-state index contributed by atoms with van der Waals surface area (Å²) in [7, 11) is 0. The number of hydrogen-bond acceptors (Lipinski definition) is 6. The lowest BCUT2D eigenvalue weighted by molar-refractivity contribution is -0.119. The van der Waals surface area contributed by atoms with Crippen molar-refractivity contribution >= 4 is 28.8 Å². The van der Waals surface area contributed by atoms with E-state index in [1.807, 2.05) is 32.0 Å². The van der Waals surface area contributed by atoms with E-state index in [4.69, 9.17) is 0 Å². The Morgan fingerprint density at radius 3 is 2.37 bits per heavy atom. The van der Waals surface area contributed by atoms with Gasteiger partial charge in [0.15, 0.2) is 11.6 Å². The number of halogens is 1. The molecule has 1 N–H and O–H groups in total. The number of nitrogens with one attached hydrogen (secondary N) is 1. The third-order valence-corrected chi connectivity index (χ3v) is 8.72. The molecule has 4 aromatic rings. The van der Waals surface area contributed by atoms with Gasteiger partial charge in [0.2, 0.25) is 5.91 Å². The third kappa shape index (κ3) is 6.83. The number of amides is 1. The number of hydrogen-bond donors (Lipinski definition) is 1. The van der Waals surface area contributed by atoms with E-state index in [0.717, 1.165) is 31.6 Å². The summed E-state index contributed by atoms with van der Waals surface area (Å²) >= 11 is 0. The minimum atomic E-state index is -0.453. The van der Waals surface area contributed by atoms with E-state index in [1.54, 1.807) is 32.0 Å². The number of anilines is 2. The summed E-state index contributed by atoms with van der Waals surface area (Å²) in [4.78, 5) is 60.2. The first-order valence-electron chi connectivity index (χ1n) is 15.8. The Balaban J connectivity index is 1.66. The topological polar surface area (TPSA) is 101 Å². The number of carbonyl (C=O) groups excluding carboxylic acids is 3. The van der Waals surface area contributed by atoms with Crippen molar-refractivity contribution in [2.24, 2.45) is 5.92 Å². The molecule has 0 saturated carbocycles. The molecule has 9 heteroatoms. The van der Waals surface area contributed by atoms with Gasteiger partial charge in [-0.05, 0) is 79.8 Å². The highest BCUT2D eigenvalue weighted by molar-refractivity contribution is 6.09. The van der Waals surface area contributed by atoms with E-state index in [9.17, 15) is 23.6 Å². The van der Waals surface area contributed by atoms with Gasteiger partial charge in [-0.25, -0.2) is 9.37 Å². The first-order chi connectivity index (χ1) is 22.1. The van der Waals surface area contributed by atoms with Gasteiger partial charge < -0.3 is 10.2 Å². The molecule has 1 amide bonds. The van der Waals surface area contributed by atoms with Gasteiger partial charge in [-0.2, -0.15) is 0 Å². The number of carbonyl (C=O) groups is 3. The van der Waals surface area contributed by atoms with E-state index in [1.165, 1.54) is 35.0 Å². The van der Waals surface area contributed by atoms with Crippen LogP contribution in [0.15, 0.2) is 71.7 Å². The van der Waals surface area contributed by atoms with Crippen LogP contribution in [-0.4, -0.2) is 40.1 Å². The van der Waals surface area contributed by atoms with Gasteiger partial charge in [0.1, 0.15) is 17.3 Å². The number of aromatic nitrogens is 2. The van der Waals surface area contributed by atoms with Crippen LogP contribution in [-0.2, 0) is 11.3 Å². The van der Waals surface area contributed by atoms with Gasteiger partial charge in [0, 0.05) is 53.4 Å². The van der Waals surface area contributed by atoms with Gasteiger partial charge in [-0.15, -0.1) is 0 Å². The van der Waals surface area contributed by atoms with Crippen molar-refractivity contribution in [3.8, 4) is 11.4 Å². The Morgan fingerprint density at radius 2 is 1.70 bits per heavy atom. The maximum Gasteiger partial charge on any atom is 0.277 e. The molecule has 46 heavy (non-hydrogen) atoms. The van der Waals surface area contributed by atoms with Crippen molar-refractivity contribution in [2.75, 3.05) is 23.3 Å². The summed E-state index contributed by atoms with van der Waals surface area (Å²) in [5.41, 5.74) is 3.78. The van der Waals surface area contributed by atoms with Crippen LogP contribution < -0.4 is 15.8 Å². The van der Waals surface area contributed by atoms with E-state index in [2.05, 4.69) is 15.2 Å². The van der Waals surface area contributed by atoms with Gasteiger partial charge in [-0.3, -0.25) is 23.7 Å². The summed E-state index contributed by atoms with van der Waals surface area (Å²) < 4.78 is 15.1. The molecule has 5 rings (SSSR count). The van der Waals surface area contributed by atoms with Gasteiger partial charge in [-0.1, -0.05) is 39.0 Å². The van der Waals surface area contributed by atoms with Crippen molar-refractivity contribution in [3.05, 3.63) is 111 Å². The van der Waals surface area contributed by atoms with Crippen LogP contribution in [0.5, 0.6) is 0 Å². The predicted octanol–water partition coefficient (Wildman–Crippen LogP) is 6.81. The fourth-order valence-corrected chi connectivity index (χ4v) is 5.76. The molecule has 1 aromatic heterocycles. The minimum absolute atomic E-state index is 0.0204. The Kier molecular flexibility index (Phi) is 9.90. The lowest BCUT2D eigenvalue weighted by Gasteiger charge is -2.21. The van der Waals surface area contributed by atoms with Crippen molar-refractivity contribution in [3.63, 3.8) is 0 Å². The molecule has 3 aromatic carbocycles. The lowest BCUT2D eigenvalue weighted by atomic mass is 9.97. The minimum Gasteiger partial charge on any atom is -0.372 e. The molecular formula is C37H39FN4O4. The van der Waals surface area contributed by atoms with Crippen molar-refractivity contribution in [2.45, 2.75) is 59.9 Å². The molecule has 0 unspecified atom stereocenters. The quantitative estimate of drug-likeness (QED) is 0.184. The highest BCUT2D eigenvalue weighted by Crippen LogP contribution is 2.28. The average Bonchev–Trinajstić information content (AvgIpc) is 3.61. The van der Waals surface area contributed by atoms with Crippen molar-refractivity contribution in [1.82, 2.24) is 9.55 Å². The zero-order valence-electron chi connectivity index (χ0n) is 26.7. The Labute approximate surface area is 268 Å². The molecule has 238 valence electrons. The SMILES string of the molecule is CCC(=O)c1cccc(-c2ncc(NC(=O)[C@H](C)CC)c(=O)n2Cc2cc(C(=O)c3ccc(F)cc3)cc(N3CCCC3)c2)c1C. The fraction of sp³-hybridized carbons (Fsp3) is 0.324. The molecule has 1 fully saturated rings. The van der Waals surface area contributed by atoms with Gasteiger partial charge >= 0.3 is 0 Å². The standard InChI is InChI=1S/C37H39FN4O4/c1-5-23(3)36(45)40-32-21-39-35(31-11-9-10-30(24(31)4)33(43)6-2)42(37(32)46)22-25-18-27(20-29(19-25)41-16-7-8-17-41)34(44)26-12-14-28(38)15-13-26/h9-15,18-21,23H,5-8,16-17,22H2,1-4H3,(H,40,45)/t23-/m1/s1. The molecule has 1 atom stereocenters. The van der Waals surface area contributed by atoms with Crippen LogP contribution in [0.1, 0.15) is 83.9 Å². The Bertz CT molecular complexity index is 1840. The molecule has 8 nitrogen and oxygen atoms in total. The number of ketones is 2. The first kappa shape index (κ1) is 32.5. The van der Waals surface area contributed by atoms with E-state index < -0.39 is 11.4 Å². The highest BCUT2D eigenvalue weighted by Gasteiger charge is 2.22. The second kappa shape index (κ2) is 14.0. The second-order valence-electron chi connectivity index (χ2n) is 11.9. The molecule has 0 bridgehead atoms. The van der Waals surface area contributed by atoms with E-state index >= 15 is 0 Å². The molecular weight excluding hydrogens is 583 g/mol. The second-order valence-corrected chi connectivity index (χ2v) is 11.9. The fourth-order valence-electron chi connectivity index (χ4n) is 5.76. The van der Waals surface area contributed by atoms with Crippen LogP contribution in [0.2, 0.25) is 0 Å². The molecule has 2 heterocycles. The average molecular weight is 623 g/mol. The Hall–Kier alpha value is -4.92. The van der Waals surface area contributed by atoms with Crippen LogP contribution in [0.4, 0.5) is 15.8 Å². The third-order valence-electron chi connectivity index (χ3n) is 8.72. The van der Waals surface area contributed by atoms with Crippen molar-refractivity contribution < 1.29 is 18.8 Å². The maximum atomic E-state index is 14.1. The molecule has 1 aliphatic heterocycles. The molecule has 0 aliphatic carbocycles. The largest absolute Gasteiger partial charge is 0.372 e. The molecule has 0 radical (unpaired) electrons. The first-order valence-corrected chi connectivity index (χ1v) is 15.8. The summed E-state index contributed by atoms with van der Waals surface area (Å²) in [5, 5.41) is 2.75. The molecule has 0 spiro atoms. The van der Waals surface area contributed by atoms with E-state index in [-0.39, 0.29) is 35.6 Å². The monoisotopic (exact) mass is 622 g/mol. The van der Waals surface area contributed by atoms with Crippen LogP contribution in [0, 0.1) is 18.7 Å². The number of nitrogens with zero attached hydrogens (tertiary/aromatic N) is 3. The Morgan fingerprint density at radius 1 is 0.978 bits per heavy atom. The number of rotatable bonds is 11. The molecule has 1 aliphatic rings. The zero-order chi connectivity index (χ0) is 33.0. The van der Waals surface area contributed by atoms with Crippen LogP contribution in [0.25, 0.3) is 11.4 Å². The molecule has 1 saturated heterocycles. The summed E-state index contributed by atoms with van der Waals surface area (Å²) in [6, 6.07) is 16.4.